The number of alkyl halides is 2. The van der Waals surface area contributed by atoms with Crippen LogP contribution in [0.5, 0.6) is 5.75 Å². The van der Waals surface area contributed by atoms with Crippen molar-refractivity contribution in [3.05, 3.63) is 58.3 Å². The Morgan fingerprint density at radius 1 is 1.26 bits per heavy atom. The van der Waals surface area contributed by atoms with Crippen molar-refractivity contribution < 1.29 is 27.8 Å². The van der Waals surface area contributed by atoms with E-state index in [1.54, 1.807) is 35.5 Å². The number of primary amides is 1. The van der Waals surface area contributed by atoms with Gasteiger partial charge in [-0.1, -0.05) is 24.2 Å². The van der Waals surface area contributed by atoms with Crippen LogP contribution in [0.15, 0.2) is 41.7 Å². The van der Waals surface area contributed by atoms with Gasteiger partial charge in [-0.2, -0.15) is 0 Å². The van der Waals surface area contributed by atoms with Gasteiger partial charge < -0.3 is 25.1 Å². The number of ether oxygens (including phenoxy) is 2. The number of anilines is 1. The van der Waals surface area contributed by atoms with Crippen molar-refractivity contribution in [3.63, 3.8) is 0 Å². The van der Waals surface area contributed by atoms with Crippen molar-refractivity contribution in [2.24, 2.45) is 16.6 Å². The molecule has 3 heterocycles. The van der Waals surface area contributed by atoms with Gasteiger partial charge in [0, 0.05) is 35.5 Å². The number of hydrogen-bond acceptors (Lipinski definition) is 8. The maximum absolute atomic E-state index is 13.6. The van der Waals surface area contributed by atoms with E-state index in [1.165, 1.54) is 19.4 Å². The number of H-pyrrole nitrogens is 1. The number of aromatic amines is 1. The van der Waals surface area contributed by atoms with Crippen LogP contribution in [0.2, 0.25) is 0 Å². The number of morpholine rings is 1. The van der Waals surface area contributed by atoms with Crippen LogP contribution in [0.4, 0.5) is 20.3 Å². The summed E-state index contributed by atoms with van der Waals surface area (Å²) in [6.45, 7) is 0.807. The van der Waals surface area contributed by atoms with E-state index in [0.29, 0.717) is 70.4 Å². The smallest absolute Gasteiger partial charge is 0.280 e. The quantitative estimate of drug-likeness (QED) is 0.180. The molecule has 0 atom stereocenters. The van der Waals surface area contributed by atoms with Crippen molar-refractivity contribution in [2.75, 3.05) is 25.2 Å². The number of methoxy groups -OCH3 is 1. The molecule has 2 aromatic heterocycles. The Bertz CT molecular complexity index is 1690. The molecule has 13 heteroatoms. The summed E-state index contributed by atoms with van der Waals surface area (Å²) in [6, 6.07) is 6.65. The fraction of sp³-hybridized carbons (Fsp3) is 0.333. The fourth-order valence-electron chi connectivity index (χ4n) is 4.56. The number of benzene rings is 1. The summed E-state index contributed by atoms with van der Waals surface area (Å²) in [6.07, 6.45) is 5.50. The Morgan fingerprint density at radius 2 is 2.02 bits per heavy atom. The predicted molar refractivity (Wildman–Crippen MR) is 158 cm³/mol. The van der Waals surface area contributed by atoms with Gasteiger partial charge in [-0.05, 0) is 55.4 Å². The summed E-state index contributed by atoms with van der Waals surface area (Å²) in [5, 5.41) is 0. The van der Waals surface area contributed by atoms with E-state index in [0.717, 1.165) is 12.8 Å². The molecule has 6 rings (SSSR count). The molecule has 3 fully saturated rings. The minimum Gasteiger partial charge on any atom is -0.494 e. The van der Waals surface area contributed by atoms with Gasteiger partial charge in [0.25, 0.3) is 12.3 Å². The Hall–Kier alpha value is -4.54. The van der Waals surface area contributed by atoms with Crippen LogP contribution in [0.3, 0.4) is 0 Å². The Balaban J connectivity index is 0.00000118. The minimum absolute atomic E-state index is 0.0959. The van der Waals surface area contributed by atoms with E-state index in [-0.39, 0.29) is 18.1 Å². The Kier molecular flexibility index (Phi) is 8.89. The van der Waals surface area contributed by atoms with Crippen LogP contribution in [-0.4, -0.2) is 59.3 Å². The number of rotatable bonds is 6. The zero-order chi connectivity index (χ0) is 30.6. The van der Waals surface area contributed by atoms with E-state index in [1.807, 2.05) is 0 Å². The molecule has 1 spiro atoms. The van der Waals surface area contributed by atoms with Gasteiger partial charge in [0.2, 0.25) is 6.41 Å². The van der Waals surface area contributed by atoms with Gasteiger partial charge in [0.15, 0.2) is 5.82 Å². The van der Waals surface area contributed by atoms with Gasteiger partial charge in [0.1, 0.15) is 27.4 Å². The molecule has 2 amide bonds. The first-order chi connectivity index (χ1) is 20.8. The van der Waals surface area contributed by atoms with E-state index < -0.39 is 17.7 Å². The summed E-state index contributed by atoms with van der Waals surface area (Å²) >= 11 is 5.44. The van der Waals surface area contributed by atoms with E-state index in [9.17, 15) is 13.6 Å². The summed E-state index contributed by atoms with van der Waals surface area (Å²) in [5.74, 6) is 7.15. The fourth-order valence-corrected chi connectivity index (χ4v) is 4.77. The molecule has 2 aliphatic carbocycles. The number of carbonyl (C=O) groups excluding carboxylic acids is 2. The third-order valence-electron chi connectivity index (χ3n) is 7.08. The molecule has 10 nitrogen and oxygen atoms in total. The number of nitrogens with zero attached hydrogens (tertiary/aromatic N) is 4. The molecule has 3 N–H and O–H groups in total. The van der Waals surface area contributed by atoms with Gasteiger partial charge in [-0.3, -0.25) is 14.6 Å². The van der Waals surface area contributed by atoms with Crippen LogP contribution in [0.1, 0.15) is 49.1 Å². The van der Waals surface area contributed by atoms with Crippen LogP contribution >= 0.6 is 12.2 Å². The van der Waals surface area contributed by atoms with E-state index in [4.69, 9.17) is 26.5 Å². The van der Waals surface area contributed by atoms with Crippen molar-refractivity contribution in [2.45, 2.75) is 37.7 Å². The van der Waals surface area contributed by atoms with Crippen LogP contribution in [0.25, 0.3) is 11.1 Å². The lowest BCUT2D eigenvalue weighted by atomic mass is 9.98. The molecular formula is C30H28F2N6O4S. The van der Waals surface area contributed by atoms with Crippen molar-refractivity contribution in [1.82, 2.24) is 15.0 Å². The summed E-state index contributed by atoms with van der Waals surface area (Å²) < 4.78 is 38.8. The van der Waals surface area contributed by atoms with Crippen LogP contribution in [-0.2, 0) is 14.3 Å². The largest absolute Gasteiger partial charge is 0.494 e. The highest BCUT2D eigenvalue weighted by Gasteiger charge is 2.55. The van der Waals surface area contributed by atoms with Crippen molar-refractivity contribution >= 4 is 42.3 Å². The summed E-state index contributed by atoms with van der Waals surface area (Å²) in [7, 11) is 1.44. The van der Waals surface area contributed by atoms with Crippen LogP contribution in [0, 0.1) is 22.4 Å². The number of amides is 2. The second-order valence-corrected chi connectivity index (χ2v) is 10.5. The van der Waals surface area contributed by atoms with Gasteiger partial charge in [-0.25, -0.2) is 18.8 Å². The number of pyridine rings is 1. The molecule has 3 aromatic rings. The van der Waals surface area contributed by atoms with Gasteiger partial charge in [0.05, 0.1) is 26.1 Å². The van der Waals surface area contributed by atoms with Gasteiger partial charge in [-0.15, -0.1) is 0 Å². The first kappa shape index (κ1) is 29.9. The number of aromatic nitrogens is 3. The normalized spacial score (nSPS) is 16.8. The van der Waals surface area contributed by atoms with Crippen molar-refractivity contribution in [1.29, 1.82) is 0 Å². The number of nitrogens with two attached hydrogens (primary N) is 1. The minimum atomic E-state index is -2.77. The third-order valence-corrected chi connectivity index (χ3v) is 7.37. The highest BCUT2D eigenvalue weighted by atomic mass is 32.1. The molecule has 1 aliphatic heterocycles. The average Bonchev–Trinajstić information content (AvgIpc) is 3.94. The molecule has 3 aliphatic rings. The topological polar surface area (TPSA) is 136 Å². The molecular weight excluding hydrogens is 578 g/mol. The zero-order valence-electron chi connectivity index (χ0n) is 23.2. The maximum atomic E-state index is 13.6. The number of nitrogens with one attached hydrogen (secondary N) is 1. The second kappa shape index (κ2) is 12.8. The standard InChI is InChI=1S/C29H25F2N5O3S.CH3NO/c1-38-24-16-32-23(25(30)31)13-22(24)21-12-20(36-10-11-39-29(8-9-29)28(36)37)7-5-18(21)14-33-26-27(40)35-19(15-34-26)6-4-17-2-3-17;2-1-3/h5,7,12-17,25H,2-3,8-11H2,1H3,(H,35,40);1H,(H2,2,3). The maximum Gasteiger partial charge on any atom is 0.280 e. The molecule has 1 saturated heterocycles. The van der Waals surface area contributed by atoms with Crippen molar-refractivity contribution in [3.8, 4) is 28.7 Å². The molecule has 43 heavy (non-hydrogen) atoms. The first-order valence-electron chi connectivity index (χ1n) is 13.5. The summed E-state index contributed by atoms with van der Waals surface area (Å²) in [4.78, 5) is 39.2. The first-order valence-corrected chi connectivity index (χ1v) is 13.9. The van der Waals surface area contributed by atoms with E-state index >= 15 is 0 Å². The molecule has 1 aromatic carbocycles. The van der Waals surface area contributed by atoms with Gasteiger partial charge >= 0.3 is 0 Å². The lowest BCUT2D eigenvalue weighted by Crippen LogP contribution is -2.49. The number of carbonyl (C=O) groups is 2. The second-order valence-electron chi connectivity index (χ2n) is 10.1. The number of hydrogen-bond donors (Lipinski definition) is 2. The lowest BCUT2D eigenvalue weighted by molar-refractivity contribution is -0.137. The molecule has 0 bridgehead atoms. The Morgan fingerprint density at radius 3 is 2.67 bits per heavy atom. The highest BCUT2D eigenvalue weighted by Crippen LogP contribution is 2.45. The molecule has 222 valence electrons. The highest BCUT2D eigenvalue weighted by molar-refractivity contribution is 7.71. The lowest BCUT2D eigenvalue weighted by Gasteiger charge is -2.33. The molecule has 2 saturated carbocycles. The zero-order valence-corrected chi connectivity index (χ0v) is 24.0. The number of aliphatic imine (C=N–C) groups is 1. The Labute approximate surface area is 251 Å². The number of halogens is 2. The molecule has 0 unspecified atom stereocenters. The summed E-state index contributed by atoms with van der Waals surface area (Å²) in [5.41, 5.74) is 5.78. The SMILES string of the molecule is COc1cnc(C(F)F)cc1-c1cc(N2CCOC3(CC3)C2=O)ccc1C=Nc1ncc(C#CC2CC2)[nH]c1=S.NC=O. The third kappa shape index (κ3) is 6.76. The molecule has 0 radical (unpaired) electrons. The average molecular weight is 607 g/mol. The predicted octanol–water partition coefficient (Wildman–Crippen LogP) is 4.66. The van der Waals surface area contributed by atoms with E-state index in [2.05, 4.69) is 37.5 Å². The van der Waals surface area contributed by atoms with Crippen LogP contribution < -0.4 is 15.4 Å². The monoisotopic (exact) mass is 606 g/mol.